The van der Waals surface area contributed by atoms with Crippen molar-refractivity contribution in [2.75, 3.05) is 17.4 Å². The maximum absolute atomic E-state index is 14.6. The zero-order chi connectivity index (χ0) is 32.6. The summed E-state index contributed by atoms with van der Waals surface area (Å²) in [4.78, 5) is 30.1. The molecule has 1 atom stereocenters. The number of nitrogens with one attached hydrogen (secondary N) is 1. The van der Waals surface area contributed by atoms with Crippen molar-refractivity contribution < 1.29 is 18.0 Å². The number of carbonyl (C=O) groups is 2. The standard InChI is InChI=1S/C37H43N3O4S/c1-27(2)24-38-37(42)35(23-31-12-8-6-9-13-31)39(25-32-19-16-28(3)17-20-32)36(41)26-40(34-21-18-29(4)22-30(34)5)45(43,44)33-14-10-7-11-15-33/h6-22,27,35H,23-26H2,1-5H3,(H,38,42). The minimum absolute atomic E-state index is 0.0818. The van der Waals surface area contributed by atoms with Gasteiger partial charge in [0.05, 0.1) is 10.6 Å². The molecule has 2 amide bonds. The van der Waals surface area contributed by atoms with Crippen LogP contribution < -0.4 is 9.62 Å². The maximum atomic E-state index is 14.6. The molecule has 4 aromatic carbocycles. The number of hydrogen-bond acceptors (Lipinski definition) is 4. The van der Waals surface area contributed by atoms with Gasteiger partial charge in [0, 0.05) is 19.5 Å². The van der Waals surface area contributed by atoms with Gasteiger partial charge < -0.3 is 10.2 Å². The molecule has 4 aromatic rings. The quantitative estimate of drug-likeness (QED) is 0.191. The van der Waals surface area contributed by atoms with E-state index in [0.717, 1.165) is 27.8 Å². The van der Waals surface area contributed by atoms with Crippen LogP contribution in [0.1, 0.15) is 41.7 Å². The molecule has 0 aliphatic carbocycles. The van der Waals surface area contributed by atoms with Gasteiger partial charge in [-0.3, -0.25) is 13.9 Å². The number of anilines is 1. The first-order chi connectivity index (χ1) is 21.5. The minimum Gasteiger partial charge on any atom is -0.354 e. The molecule has 0 saturated carbocycles. The summed E-state index contributed by atoms with van der Waals surface area (Å²) < 4.78 is 29.5. The van der Waals surface area contributed by atoms with Gasteiger partial charge in [-0.05, 0) is 61.6 Å². The zero-order valence-electron chi connectivity index (χ0n) is 26.7. The van der Waals surface area contributed by atoms with Crippen molar-refractivity contribution in [1.29, 1.82) is 0 Å². The first kappa shape index (κ1) is 33.5. The Hall–Kier alpha value is -4.43. The van der Waals surface area contributed by atoms with E-state index in [4.69, 9.17) is 0 Å². The highest BCUT2D eigenvalue weighted by atomic mass is 32.2. The molecule has 0 heterocycles. The number of nitrogens with zero attached hydrogens (tertiary/aromatic N) is 2. The zero-order valence-corrected chi connectivity index (χ0v) is 27.6. The van der Waals surface area contributed by atoms with Gasteiger partial charge in [-0.25, -0.2) is 8.42 Å². The van der Waals surface area contributed by atoms with Crippen molar-refractivity contribution in [1.82, 2.24) is 10.2 Å². The van der Waals surface area contributed by atoms with Gasteiger partial charge in [-0.1, -0.05) is 110 Å². The highest BCUT2D eigenvalue weighted by molar-refractivity contribution is 7.92. The number of carbonyl (C=O) groups excluding carboxylic acids is 2. The Morgan fingerprint density at radius 1 is 0.756 bits per heavy atom. The van der Waals surface area contributed by atoms with Gasteiger partial charge in [0.2, 0.25) is 11.8 Å². The van der Waals surface area contributed by atoms with E-state index in [2.05, 4.69) is 5.32 Å². The average Bonchev–Trinajstić information content (AvgIpc) is 3.02. The molecule has 0 bridgehead atoms. The van der Waals surface area contributed by atoms with Crippen LogP contribution in [0.25, 0.3) is 0 Å². The molecule has 0 spiro atoms. The summed E-state index contributed by atoms with van der Waals surface area (Å²) in [5.41, 5.74) is 4.92. The Labute approximate surface area is 268 Å². The lowest BCUT2D eigenvalue weighted by Crippen LogP contribution is -2.53. The number of benzene rings is 4. The van der Waals surface area contributed by atoms with Crippen LogP contribution in [0.2, 0.25) is 0 Å². The van der Waals surface area contributed by atoms with E-state index in [1.165, 1.54) is 21.3 Å². The maximum Gasteiger partial charge on any atom is 0.264 e. The molecule has 0 aliphatic rings. The van der Waals surface area contributed by atoms with Crippen molar-refractivity contribution in [3.63, 3.8) is 0 Å². The molecule has 8 heteroatoms. The van der Waals surface area contributed by atoms with E-state index >= 15 is 0 Å². The Balaban J connectivity index is 1.81. The third kappa shape index (κ3) is 8.82. The molecule has 45 heavy (non-hydrogen) atoms. The second kappa shape index (κ2) is 15.0. The molecule has 7 nitrogen and oxygen atoms in total. The van der Waals surface area contributed by atoms with E-state index in [0.29, 0.717) is 12.2 Å². The first-order valence-electron chi connectivity index (χ1n) is 15.3. The van der Waals surface area contributed by atoms with Crippen molar-refractivity contribution in [3.05, 3.63) is 131 Å². The summed E-state index contributed by atoms with van der Waals surface area (Å²) in [6.07, 6.45) is 0.275. The fourth-order valence-electron chi connectivity index (χ4n) is 5.18. The summed E-state index contributed by atoms with van der Waals surface area (Å²) in [5, 5.41) is 3.02. The lowest BCUT2D eigenvalue weighted by molar-refractivity contribution is -0.140. The smallest absolute Gasteiger partial charge is 0.264 e. The van der Waals surface area contributed by atoms with Crippen LogP contribution in [0.3, 0.4) is 0 Å². The number of amides is 2. The van der Waals surface area contributed by atoms with Gasteiger partial charge >= 0.3 is 0 Å². The monoisotopic (exact) mass is 625 g/mol. The lowest BCUT2D eigenvalue weighted by Gasteiger charge is -2.34. The molecule has 0 aromatic heterocycles. The van der Waals surface area contributed by atoms with E-state index in [1.807, 2.05) is 101 Å². The van der Waals surface area contributed by atoms with Crippen LogP contribution >= 0.6 is 0 Å². The van der Waals surface area contributed by atoms with Crippen LogP contribution in [0.15, 0.2) is 108 Å². The average molecular weight is 626 g/mol. The fourth-order valence-corrected chi connectivity index (χ4v) is 6.68. The van der Waals surface area contributed by atoms with Gasteiger partial charge in [0.1, 0.15) is 12.6 Å². The van der Waals surface area contributed by atoms with Crippen LogP contribution in [0.5, 0.6) is 0 Å². The fraction of sp³-hybridized carbons (Fsp3) is 0.297. The van der Waals surface area contributed by atoms with Gasteiger partial charge in [0.25, 0.3) is 10.0 Å². The Kier molecular flexibility index (Phi) is 11.2. The normalized spacial score (nSPS) is 12.0. The van der Waals surface area contributed by atoms with E-state index in [9.17, 15) is 18.0 Å². The first-order valence-corrected chi connectivity index (χ1v) is 16.7. The molecular weight excluding hydrogens is 582 g/mol. The summed E-state index contributed by atoms with van der Waals surface area (Å²) in [6, 6.07) is 30.1. The molecule has 0 saturated heterocycles. The Bertz CT molecular complexity index is 1690. The van der Waals surface area contributed by atoms with Crippen molar-refractivity contribution in [2.24, 2.45) is 5.92 Å². The molecule has 1 unspecified atom stereocenters. The van der Waals surface area contributed by atoms with Gasteiger partial charge in [-0.15, -0.1) is 0 Å². The highest BCUT2D eigenvalue weighted by Crippen LogP contribution is 2.28. The van der Waals surface area contributed by atoms with Gasteiger partial charge in [-0.2, -0.15) is 0 Å². The van der Waals surface area contributed by atoms with Crippen LogP contribution in [0.4, 0.5) is 5.69 Å². The minimum atomic E-state index is -4.14. The number of hydrogen-bond donors (Lipinski definition) is 1. The predicted molar refractivity (Wildman–Crippen MR) is 180 cm³/mol. The van der Waals surface area contributed by atoms with Crippen LogP contribution in [-0.2, 0) is 32.6 Å². The molecule has 0 aliphatic heterocycles. The van der Waals surface area contributed by atoms with E-state index < -0.39 is 28.5 Å². The summed E-state index contributed by atoms with van der Waals surface area (Å²) in [7, 11) is -4.14. The summed E-state index contributed by atoms with van der Waals surface area (Å²) in [5.74, 6) is -0.545. The molecular formula is C37H43N3O4S. The molecule has 0 fully saturated rings. The summed E-state index contributed by atoms with van der Waals surface area (Å²) in [6.45, 7) is 9.89. The van der Waals surface area contributed by atoms with Crippen LogP contribution in [-0.4, -0.2) is 44.3 Å². The molecule has 1 N–H and O–H groups in total. The predicted octanol–water partition coefficient (Wildman–Crippen LogP) is 6.22. The number of rotatable bonds is 13. The molecule has 4 rings (SSSR count). The van der Waals surface area contributed by atoms with E-state index in [-0.39, 0.29) is 29.7 Å². The number of sulfonamides is 1. The highest BCUT2D eigenvalue weighted by Gasteiger charge is 2.35. The van der Waals surface area contributed by atoms with Crippen molar-refractivity contribution >= 4 is 27.5 Å². The number of aryl methyl sites for hydroxylation is 3. The van der Waals surface area contributed by atoms with Crippen LogP contribution in [0, 0.1) is 26.7 Å². The largest absolute Gasteiger partial charge is 0.354 e. The molecule has 0 radical (unpaired) electrons. The van der Waals surface area contributed by atoms with Gasteiger partial charge in [0.15, 0.2) is 0 Å². The Morgan fingerprint density at radius 2 is 1.36 bits per heavy atom. The van der Waals surface area contributed by atoms with E-state index in [1.54, 1.807) is 24.3 Å². The second-order valence-corrected chi connectivity index (χ2v) is 13.8. The third-order valence-corrected chi connectivity index (χ3v) is 9.43. The SMILES string of the molecule is Cc1ccc(CN(C(=O)CN(c2ccc(C)cc2C)S(=O)(=O)c2ccccc2)C(Cc2ccccc2)C(=O)NCC(C)C)cc1. The third-order valence-electron chi connectivity index (χ3n) is 7.66. The summed E-state index contributed by atoms with van der Waals surface area (Å²) >= 11 is 0. The Morgan fingerprint density at radius 3 is 1.96 bits per heavy atom. The second-order valence-electron chi connectivity index (χ2n) is 12.0. The van der Waals surface area contributed by atoms with Crippen molar-refractivity contribution in [2.45, 2.75) is 58.5 Å². The molecule has 236 valence electrons. The topological polar surface area (TPSA) is 86.8 Å². The lowest BCUT2D eigenvalue weighted by atomic mass is 10.0. The van der Waals surface area contributed by atoms with Crippen molar-refractivity contribution in [3.8, 4) is 0 Å².